The van der Waals surface area contributed by atoms with E-state index in [0.717, 1.165) is 50.5 Å². The molecule has 81 heavy (non-hydrogen) atoms. The molecule has 1 aromatic heterocycles. The van der Waals surface area contributed by atoms with Crippen LogP contribution in [0.5, 0.6) is 0 Å². The Morgan fingerprint density at radius 3 is 1.26 bits per heavy atom. The molecule has 0 radical (unpaired) electrons. The molecule has 0 spiro atoms. The molecule has 5 heteroatoms. The molecule has 0 atom stereocenters. The number of hydrogen-bond acceptors (Lipinski definition) is 5. The topological polar surface area (TPSA) is 67.2 Å². The zero-order chi connectivity index (χ0) is 54.1. The third kappa shape index (κ3) is 7.16. The van der Waals surface area contributed by atoms with Crippen molar-refractivity contribution in [2.45, 2.75) is 10.8 Å². The molecule has 0 saturated heterocycles. The first-order chi connectivity index (χ1) is 40.1. The van der Waals surface area contributed by atoms with Gasteiger partial charge in [-0.15, -0.1) is 0 Å². The van der Waals surface area contributed by atoms with Gasteiger partial charge in [-0.2, -0.15) is 10.5 Å². The van der Waals surface area contributed by atoms with Gasteiger partial charge in [0.2, 0.25) is 0 Å². The van der Waals surface area contributed by atoms with Gasteiger partial charge in [-0.25, -0.2) is 0 Å². The average molecular weight is 1030 g/mol. The Morgan fingerprint density at radius 1 is 0.296 bits per heavy atom. The maximum absolute atomic E-state index is 9.76. The highest BCUT2D eigenvalue weighted by Gasteiger charge is 2.48. The molecule has 15 rings (SSSR count). The monoisotopic (exact) mass is 1030 g/mol. The number of nitrogens with zero attached hydrogens (tertiary/aromatic N) is 4. The van der Waals surface area contributed by atoms with Crippen molar-refractivity contribution in [2.24, 2.45) is 0 Å². The van der Waals surface area contributed by atoms with E-state index in [1.165, 1.54) is 66.8 Å². The summed E-state index contributed by atoms with van der Waals surface area (Å²) in [4.78, 5) is 4.53. The molecule has 0 unspecified atom stereocenters. The van der Waals surface area contributed by atoms with Crippen LogP contribution < -0.4 is 9.80 Å². The smallest absolute Gasteiger partial charge is 0.159 e. The number of furan rings is 1. The number of benzene rings is 12. The summed E-state index contributed by atoms with van der Waals surface area (Å²) in [6, 6.07) is 108. The first-order valence-electron chi connectivity index (χ1n) is 27.3. The van der Waals surface area contributed by atoms with Crippen LogP contribution >= 0.6 is 0 Å². The van der Waals surface area contributed by atoms with Crippen LogP contribution in [-0.4, -0.2) is 0 Å². The van der Waals surface area contributed by atoms with Crippen LogP contribution in [0.15, 0.2) is 296 Å². The normalized spacial score (nSPS) is 13.1. The molecule has 0 saturated carbocycles. The first-order valence-corrected chi connectivity index (χ1v) is 27.3. The fourth-order valence-corrected chi connectivity index (χ4v) is 13.5. The lowest BCUT2D eigenvalue weighted by atomic mass is 9.67. The minimum atomic E-state index is -0.618. The van der Waals surface area contributed by atoms with Gasteiger partial charge in [0.05, 0.1) is 39.8 Å². The summed E-state index contributed by atoms with van der Waals surface area (Å²) in [6.07, 6.45) is 0. The standard InChI is InChI=1S/C76H48N4O/c77-49-51-32-36-57(37-33-51)80(58-38-34-52(50-78)35-39-58)72-31-17-28-66-65-44-41-61(48-73(65)81-74(66)72)79(59-42-45-70-67(46-59)63-27-14-16-30-69(63)75(70,53-18-5-1-6-19-53)54-20-7-2-8-21-54)60-40-43-64-62-26-13-15-29-68(62)76(71(64)47-60,55-22-9-3-10-23-55)56-24-11-4-12-25-56/h1-48H. The first kappa shape index (κ1) is 47.3. The molecule has 12 aromatic carbocycles. The zero-order valence-corrected chi connectivity index (χ0v) is 43.9. The zero-order valence-electron chi connectivity index (χ0n) is 43.9. The van der Waals surface area contributed by atoms with Crippen LogP contribution in [0.25, 0.3) is 44.2 Å². The minimum absolute atomic E-state index is 0.559. The number of rotatable bonds is 10. The number of fused-ring (bicyclic) bond motifs is 9. The number of hydrogen-bond donors (Lipinski definition) is 0. The SMILES string of the molecule is N#Cc1ccc(N(c2ccc(C#N)cc2)c2cccc3c2oc2cc(N(c4ccc5c(c4)-c4ccccc4C5(c4ccccc4)c4ccccc4)c4ccc5c(c4)C(c4ccccc4)(c4ccccc4)c4ccccc4-5)ccc23)cc1. The average Bonchev–Trinajstić information content (AvgIpc) is 3.65. The van der Waals surface area contributed by atoms with Gasteiger partial charge in [-0.05, 0) is 158 Å². The van der Waals surface area contributed by atoms with Crippen molar-refractivity contribution in [3.8, 4) is 34.4 Å². The summed E-state index contributed by atoms with van der Waals surface area (Å²) in [5.74, 6) is 0. The van der Waals surface area contributed by atoms with E-state index in [1.54, 1.807) is 0 Å². The van der Waals surface area contributed by atoms with Crippen LogP contribution in [0.3, 0.4) is 0 Å². The molecule has 0 aliphatic heterocycles. The van der Waals surface area contributed by atoms with Gasteiger partial charge >= 0.3 is 0 Å². The summed E-state index contributed by atoms with van der Waals surface area (Å²) in [6.45, 7) is 0. The van der Waals surface area contributed by atoms with E-state index in [0.29, 0.717) is 16.7 Å². The van der Waals surface area contributed by atoms with Crippen molar-refractivity contribution >= 4 is 56.1 Å². The van der Waals surface area contributed by atoms with Gasteiger partial charge in [0.1, 0.15) is 5.58 Å². The van der Waals surface area contributed by atoms with E-state index in [-0.39, 0.29) is 0 Å². The molecule has 378 valence electrons. The summed E-state index contributed by atoms with van der Waals surface area (Å²) in [5, 5.41) is 21.5. The quantitative estimate of drug-likeness (QED) is 0.137. The van der Waals surface area contributed by atoms with Crippen molar-refractivity contribution in [1.82, 2.24) is 0 Å². The molecule has 0 bridgehead atoms. The lowest BCUT2D eigenvalue weighted by Crippen LogP contribution is -2.28. The van der Waals surface area contributed by atoms with E-state index in [1.807, 2.05) is 48.5 Å². The molecular weight excluding hydrogens is 985 g/mol. The Labute approximate surface area is 470 Å². The third-order valence-electron chi connectivity index (χ3n) is 16.9. The van der Waals surface area contributed by atoms with Gasteiger partial charge < -0.3 is 14.2 Å². The van der Waals surface area contributed by atoms with Crippen LogP contribution in [0.2, 0.25) is 0 Å². The predicted octanol–water partition coefficient (Wildman–Crippen LogP) is 19.0. The van der Waals surface area contributed by atoms with Crippen molar-refractivity contribution < 1.29 is 4.42 Å². The number of nitriles is 2. The van der Waals surface area contributed by atoms with Crippen molar-refractivity contribution in [3.05, 3.63) is 347 Å². The van der Waals surface area contributed by atoms with Crippen molar-refractivity contribution in [3.63, 3.8) is 0 Å². The Kier molecular flexibility index (Phi) is 11.0. The molecule has 0 fully saturated rings. The van der Waals surface area contributed by atoms with E-state index in [9.17, 15) is 10.5 Å². The van der Waals surface area contributed by atoms with Gasteiger partial charge in [-0.3, -0.25) is 0 Å². The van der Waals surface area contributed by atoms with Gasteiger partial charge in [0.25, 0.3) is 0 Å². The second kappa shape index (κ2) is 18.9. The van der Waals surface area contributed by atoms with Gasteiger partial charge in [0, 0.05) is 45.3 Å². The summed E-state index contributed by atoms with van der Waals surface area (Å²) < 4.78 is 7.20. The Hall–Kier alpha value is -11.0. The third-order valence-corrected chi connectivity index (χ3v) is 16.9. The number of para-hydroxylation sites is 1. The van der Waals surface area contributed by atoms with E-state index >= 15 is 0 Å². The molecule has 5 nitrogen and oxygen atoms in total. The van der Waals surface area contributed by atoms with Gasteiger partial charge in [-0.1, -0.05) is 194 Å². The van der Waals surface area contributed by atoms with Crippen LogP contribution in [-0.2, 0) is 10.8 Å². The molecular formula is C76H48N4O. The highest BCUT2D eigenvalue weighted by atomic mass is 16.3. The highest BCUT2D eigenvalue weighted by Crippen LogP contribution is 2.60. The summed E-state index contributed by atoms with van der Waals surface area (Å²) in [7, 11) is 0. The van der Waals surface area contributed by atoms with Crippen LogP contribution in [0.1, 0.15) is 55.6 Å². The predicted molar refractivity (Wildman–Crippen MR) is 327 cm³/mol. The molecule has 1 heterocycles. The fraction of sp³-hybridized carbons (Fsp3) is 0.0263. The molecule has 2 aliphatic rings. The Morgan fingerprint density at radius 2 is 0.716 bits per heavy atom. The Bertz CT molecular complexity index is 4520. The lowest BCUT2D eigenvalue weighted by Gasteiger charge is -2.35. The number of anilines is 6. The highest BCUT2D eigenvalue weighted by molar-refractivity contribution is 6.11. The van der Waals surface area contributed by atoms with Crippen molar-refractivity contribution in [2.75, 3.05) is 9.80 Å². The maximum atomic E-state index is 9.76. The molecule has 0 N–H and O–H groups in total. The molecule has 2 aliphatic carbocycles. The summed E-state index contributed by atoms with van der Waals surface area (Å²) in [5.41, 5.74) is 21.5. The lowest BCUT2D eigenvalue weighted by molar-refractivity contribution is 0.669. The molecule has 0 amide bonds. The van der Waals surface area contributed by atoms with Crippen molar-refractivity contribution in [1.29, 1.82) is 10.5 Å². The second-order valence-corrected chi connectivity index (χ2v) is 20.9. The van der Waals surface area contributed by atoms with E-state index < -0.39 is 10.8 Å². The van der Waals surface area contributed by atoms with Crippen LogP contribution in [0, 0.1) is 22.7 Å². The Balaban J connectivity index is 0.974. The summed E-state index contributed by atoms with van der Waals surface area (Å²) >= 11 is 0. The van der Waals surface area contributed by atoms with E-state index in [4.69, 9.17) is 4.42 Å². The fourth-order valence-electron chi connectivity index (χ4n) is 13.5. The molecule has 13 aromatic rings. The van der Waals surface area contributed by atoms with Gasteiger partial charge in [0.15, 0.2) is 5.58 Å². The second-order valence-electron chi connectivity index (χ2n) is 20.9. The largest absolute Gasteiger partial charge is 0.454 e. The van der Waals surface area contributed by atoms with Crippen LogP contribution in [0.4, 0.5) is 34.1 Å². The van der Waals surface area contributed by atoms with E-state index in [2.05, 4.69) is 265 Å². The maximum Gasteiger partial charge on any atom is 0.159 e. The minimum Gasteiger partial charge on any atom is -0.454 e.